The molecule has 9 heteroatoms. The summed E-state index contributed by atoms with van der Waals surface area (Å²) in [6.07, 6.45) is 0.514. The zero-order valence-electron chi connectivity index (χ0n) is 22.1. The lowest BCUT2D eigenvalue weighted by Crippen LogP contribution is -2.53. The Labute approximate surface area is 230 Å². The maximum Gasteiger partial charge on any atom is 0.264 e. The van der Waals surface area contributed by atoms with Gasteiger partial charge in [0, 0.05) is 17.6 Å². The number of nitrogens with zero attached hydrogens (tertiary/aromatic N) is 2. The number of anilines is 1. The molecule has 0 heterocycles. The number of amides is 2. The average molecular weight is 556 g/mol. The van der Waals surface area contributed by atoms with Crippen LogP contribution in [0.1, 0.15) is 31.9 Å². The van der Waals surface area contributed by atoms with E-state index in [0.29, 0.717) is 17.1 Å². The fourth-order valence-electron chi connectivity index (χ4n) is 3.95. The van der Waals surface area contributed by atoms with E-state index in [4.69, 9.17) is 11.6 Å². The van der Waals surface area contributed by atoms with E-state index < -0.39 is 28.5 Å². The topological polar surface area (TPSA) is 86.8 Å². The first-order valence-electron chi connectivity index (χ1n) is 12.5. The van der Waals surface area contributed by atoms with E-state index in [9.17, 15) is 18.0 Å². The van der Waals surface area contributed by atoms with E-state index in [2.05, 4.69) is 5.32 Å². The Bertz CT molecular complexity index is 1330. The van der Waals surface area contributed by atoms with Crippen molar-refractivity contribution in [3.63, 3.8) is 0 Å². The minimum absolute atomic E-state index is 0.0108. The van der Waals surface area contributed by atoms with Crippen molar-refractivity contribution < 1.29 is 18.0 Å². The van der Waals surface area contributed by atoms with Gasteiger partial charge in [-0.15, -0.1) is 0 Å². The molecule has 0 fully saturated rings. The molecule has 3 aromatic carbocycles. The Balaban J connectivity index is 1.97. The van der Waals surface area contributed by atoms with Gasteiger partial charge in [0.15, 0.2) is 0 Å². The molecule has 1 atom stereocenters. The molecule has 0 radical (unpaired) electrons. The quantitative estimate of drug-likeness (QED) is 0.367. The molecule has 202 valence electrons. The summed E-state index contributed by atoms with van der Waals surface area (Å²) < 4.78 is 28.6. The Kier molecular flexibility index (Phi) is 9.94. The number of nitrogens with one attached hydrogen (secondary N) is 1. The summed E-state index contributed by atoms with van der Waals surface area (Å²) in [6.45, 7) is 7.02. The predicted molar refractivity (Wildman–Crippen MR) is 152 cm³/mol. The molecule has 3 rings (SSSR count). The van der Waals surface area contributed by atoms with Gasteiger partial charge < -0.3 is 10.2 Å². The van der Waals surface area contributed by atoms with Crippen molar-refractivity contribution in [3.05, 3.63) is 95.0 Å². The van der Waals surface area contributed by atoms with E-state index in [1.54, 1.807) is 31.2 Å². The number of carbonyl (C=O) groups is 2. The summed E-state index contributed by atoms with van der Waals surface area (Å²) in [7, 11) is -4.12. The van der Waals surface area contributed by atoms with Crippen LogP contribution in [-0.4, -0.2) is 50.3 Å². The molecule has 0 unspecified atom stereocenters. The van der Waals surface area contributed by atoms with Gasteiger partial charge in [0.05, 0.1) is 10.6 Å². The molecule has 3 aromatic rings. The third-order valence-electron chi connectivity index (χ3n) is 6.08. The van der Waals surface area contributed by atoms with Gasteiger partial charge in [-0.2, -0.15) is 0 Å². The molecule has 0 bridgehead atoms. The molecule has 0 spiro atoms. The van der Waals surface area contributed by atoms with Crippen LogP contribution in [0.25, 0.3) is 0 Å². The highest BCUT2D eigenvalue weighted by molar-refractivity contribution is 7.92. The summed E-state index contributed by atoms with van der Waals surface area (Å²) in [5.41, 5.74) is 2.31. The fraction of sp³-hybridized carbons (Fsp3) is 0.310. The average Bonchev–Trinajstić information content (AvgIpc) is 2.88. The normalized spacial score (nSPS) is 12.2. The van der Waals surface area contributed by atoms with Crippen LogP contribution in [0.4, 0.5) is 5.69 Å². The largest absolute Gasteiger partial charge is 0.352 e. The lowest BCUT2D eigenvalue weighted by Gasteiger charge is -2.32. The number of carbonyl (C=O) groups excluding carboxylic acids is 2. The lowest BCUT2D eigenvalue weighted by molar-refractivity contribution is -0.139. The summed E-state index contributed by atoms with van der Waals surface area (Å²) in [6, 6.07) is 21.4. The zero-order valence-corrected chi connectivity index (χ0v) is 23.7. The number of aryl methyl sites for hydroxylation is 1. The van der Waals surface area contributed by atoms with E-state index in [1.807, 2.05) is 51.1 Å². The smallest absolute Gasteiger partial charge is 0.264 e. The third-order valence-corrected chi connectivity index (χ3v) is 8.12. The maximum absolute atomic E-state index is 13.8. The standard InChI is InChI=1S/C29H34ClN3O4S/c1-21(2)31-29(35)23(4)32(19-18-24-8-6-5-7-9-24)28(34)20-33(26-14-10-22(3)11-15-26)38(36,37)27-16-12-25(30)13-17-27/h5-17,21,23H,18-20H2,1-4H3,(H,31,35)/t23-/m0/s1. The van der Waals surface area contributed by atoms with Gasteiger partial charge in [-0.05, 0) is 76.1 Å². The maximum atomic E-state index is 13.8. The van der Waals surface area contributed by atoms with Crippen molar-refractivity contribution in [2.24, 2.45) is 0 Å². The number of hydrogen-bond donors (Lipinski definition) is 1. The monoisotopic (exact) mass is 555 g/mol. The van der Waals surface area contributed by atoms with Crippen LogP contribution in [0.2, 0.25) is 5.02 Å². The van der Waals surface area contributed by atoms with E-state index in [1.165, 1.54) is 29.2 Å². The number of sulfonamides is 1. The van der Waals surface area contributed by atoms with Gasteiger partial charge in [-0.3, -0.25) is 13.9 Å². The molecule has 7 nitrogen and oxygen atoms in total. The SMILES string of the molecule is Cc1ccc(N(CC(=O)N(CCc2ccccc2)[C@@H](C)C(=O)NC(C)C)S(=O)(=O)c2ccc(Cl)cc2)cc1. The Morgan fingerprint density at radius 2 is 1.50 bits per heavy atom. The molecule has 0 aliphatic carbocycles. The lowest BCUT2D eigenvalue weighted by atomic mass is 10.1. The van der Waals surface area contributed by atoms with Crippen LogP contribution in [0.15, 0.2) is 83.8 Å². The number of rotatable bonds is 11. The van der Waals surface area contributed by atoms with Crippen LogP contribution in [0.3, 0.4) is 0 Å². The van der Waals surface area contributed by atoms with Crippen molar-refractivity contribution in [1.29, 1.82) is 0 Å². The molecule has 0 aliphatic rings. The van der Waals surface area contributed by atoms with E-state index in [0.717, 1.165) is 15.4 Å². The van der Waals surface area contributed by atoms with Gasteiger partial charge in [-0.1, -0.05) is 59.6 Å². The van der Waals surface area contributed by atoms with Crippen LogP contribution in [-0.2, 0) is 26.0 Å². The first kappa shape index (κ1) is 29.2. The summed E-state index contributed by atoms with van der Waals surface area (Å²) in [5.74, 6) is -0.783. The third kappa shape index (κ3) is 7.58. The molecule has 0 saturated carbocycles. The highest BCUT2D eigenvalue weighted by atomic mass is 35.5. The molecule has 1 N–H and O–H groups in total. The second-order valence-corrected chi connectivity index (χ2v) is 11.8. The number of hydrogen-bond acceptors (Lipinski definition) is 4. The molecular weight excluding hydrogens is 522 g/mol. The van der Waals surface area contributed by atoms with Gasteiger partial charge >= 0.3 is 0 Å². The molecule has 0 aliphatic heterocycles. The van der Waals surface area contributed by atoms with Crippen molar-refractivity contribution in [2.75, 3.05) is 17.4 Å². The minimum Gasteiger partial charge on any atom is -0.352 e. The van der Waals surface area contributed by atoms with Gasteiger partial charge in [-0.25, -0.2) is 8.42 Å². The predicted octanol–water partition coefficient (Wildman–Crippen LogP) is 4.83. The summed E-state index contributed by atoms with van der Waals surface area (Å²) in [5, 5.41) is 3.25. The molecule has 0 aromatic heterocycles. The second-order valence-electron chi connectivity index (χ2n) is 9.46. The Hall–Kier alpha value is -3.36. The van der Waals surface area contributed by atoms with Crippen molar-refractivity contribution in [1.82, 2.24) is 10.2 Å². The minimum atomic E-state index is -4.12. The molecule has 0 saturated heterocycles. The second kappa shape index (κ2) is 12.9. The Morgan fingerprint density at radius 1 is 0.895 bits per heavy atom. The van der Waals surface area contributed by atoms with Crippen LogP contribution in [0, 0.1) is 6.92 Å². The van der Waals surface area contributed by atoms with E-state index >= 15 is 0 Å². The number of halogens is 1. The van der Waals surface area contributed by atoms with Crippen LogP contribution < -0.4 is 9.62 Å². The highest BCUT2D eigenvalue weighted by Crippen LogP contribution is 2.25. The van der Waals surface area contributed by atoms with Crippen molar-refractivity contribution in [2.45, 2.75) is 51.1 Å². The van der Waals surface area contributed by atoms with E-state index in [-0.39, 0.29) is 23.4 Å². The first-order chi connectivity index (χ1) is 18.0. The fourth-order valence-corrected chi connectivity index (χ4v) is 5.49. The van der Waals surface area contributed by atoms with Crippen LogP contribution in [0.5, 0.6) is 0 Å². The van der Waals surface area contributed by atoms with Crippen molar-refractivity contribution in [3.8, 4) is 0 Å². The van der Waals surface area contributed by atoms with Gasteiger partial charge in [0.25, 0.3) is 10.0 Å². The molecule has 38 heavy (non-hydrogen) atoms. The summed E-state index contributed by atoms with van der Waals surface area (Å²) >= 11 is 5.98. The molecular formula is C29H34ClN3O4S. The molecule has 2 amide bonds. The van der Waals surface area contributed by atoms with Crippen LogP contribution >= 0.6 is 11.6 Å². The Morgan fingerprint density at radius 3 is 2.08 bits per heavy atom. The highest BCUT2D eigenvalue weighted by Gasteiger charge is 2.32. The number of benzene rings is 3. The first-order valence-corrected chi connectivity index (χ1v) is 14.3. The zero-order chi connectivity index (χ0) is 27.9. The van der Waals surface area contributed by atoms with Gasteiger partial charge in [0.2, 0.25) is 11.8 Å². The van der Waals surface area contributed by atoms with Gasteiger partial charge in [0.1, 0.15) is 12.6 Å². The van der Waals surface area contributed by atoms with Crippen molar-refractivity contribution >= 4 is 39.1 Å². The summed E-state index contributed by atoms with van der Waals surface area (Å²) in [4.78, 5) is 28.2.